The fourth-order valence-corrected chi connectivity index (χ4v) is 11.4. The number of aromatic nitrogens is 1. The van der Waals surface area contributed by atoms with Crippen LogP contribution in [-0.2, 0) is 0 Å². The second kappa shape index (κ2) is 16.8. The highest BCUT2D eigenvalue weighted by atomic mass is 16.5. The molecule has 0 aliphatic heterocycles. The summed E-state index contributed by atoms with van der Waals surface area (Å²) in [6.45, 7) is 4.86. The van der Waals surface area contributed by atoms with Crippen molar-refractivity contribution in [1.82, 2.24) is 4.57 Å². The van der Waals surface area contributed by atoms with Crippen molar-refractivity contribution in [2.75, 3.05) is 4.90 Å². The van der Waals surface area contributed by atoms with Crippen LogP contribution in [0, 0.1) is 23.7 Å². The van der Waals surface area contributed by atoms with E-state index in [0.717, 1.165) is 46.1 Å². The molecule has 2 atom stereocenters. The predicted molar refractivity (Wildman–Crippen MR) is 264 cm³/mol. The van der Waals surface area contributed by atoms with E-state index in [1.807, 2.05) is 0 Å². The highest BCUT2D eigenvalue weighted by Crippen LogP contribution is 2.56. The van der Waals surface area contributed by atoms with Crippen LogP contribution in [0.5, 0.6) is 11.5 Å². The molecule has 0 unspecified atom stereocenters. The van der Waals surface area contributed by atoms with Gasteiger partial charge >= 0.3 is 0 Å². The standard InChI is InChI=1S/C60H54N2O/c1-3-42-38-47-36-41(2)37-48(39-42)60(47)56-35-34-52(40-59(56)63-53-16-8-5-9-17-53)61(49-28-22-44(23-29-49)43-14-6-4-7-15-43)50-30-24-45(25-31-50)46-26-32-51(33-27-46)62-57-20-12-10-18-54(57)55-19-11-13-21-58(55)62/h4-35,40-42,47-48,60H,3,36-39H2,1-2H3/t41-,42+,47-,48-,60?/m1/s1. The molecular weight excluding hydrogens is 765 g/mol. The summed E-state index contributed by atoms with van der Waals surface area (Å²) in [4.78, 5) is 2.39. The van der Waals surface area contributed by atoms with Crippen molar-refractivity contribution in [1.29, 1.82) is 0 Å². The first-order chi connectivity index (χ1) is 31.1. The lowest BCUT2D eigenvalue weighted by molar-refractivity contribution is 0.0708. The van der Waals surface area contributed by atoms with Gasteiger partial charge in [-0.2, -0.15) is 0 Å². The fourth-order valence-electron chi connectivity index (χ4n) is 11.4. The first-order valence-electron chi connectivity index (χ1n) is 23.1. The third kappa shape index (κ3) is 7.50. The predicted octanol–water partition coefficient (Wildman–Crippen LogP) is 16.9. The van der Waals surface area contributed by atoms with E-state index in [4.69, 9.17) is 4.74 Å². The Morgan fingerprint density at radius 1 is 0.492 bits per heavy atom. The van der Waals surface area contributed by atoms with Crippen LogP contribution in [0.1, 0.15) is 57.4 Å². The number of nitrogens with zero attached hydrogens (tertiary/aromatic N) is 2. The lowest BCUT2D eigenvalue weighted by Crippen LogP contribution is -2.37. The van der Waals surface area contributed by atoms with Crippen LogP contribution >= 0.6 is 0 Å². The average Bonchev–Trinajstić information content (AvgIpc) is 3.67. The molecule has 310 valence electrons. The summed E-state index contributed by atoms with van der Waals surface area (Å²) >= 11 is 0. The first kappa shape index (κ1) is 39.0. The van der Waals surface area contributed by atoms with Crippen LogP contribution in [0.4, 0.5) is 17.1 Å². The van der Waals surface area contributed by atoms with E-state index in [2.05, 4.69) is 224 Å². The molecule has 11 rings (SSSR count). The average molecular weight is 819 g/mol. The molecular formula is C60H54N2O. The number of para-hydroxylation sites is 3. The van der Waals surface area contributed by atoms with Gasteiger partial charge in [0.25, 0.3) is 0 Å². The lowest BCUT2D eigenvalue weighted by Gasteiger charge is -2.48. The largest absolute Gasteiger partial charge is 0.457 e. The maximum absolute atomic E-state index is 6.98. The van der Waals surface area contributed by atoms with Gasteiger partial charge in [-0.05, 0) is 150 Å². The second-order valence-corrected chi connectivity index (χ2v) is 18.2. The van der Waals surface area contributed by atoms with Crippen LogP contribution < -0.4 is 9.64 Å². The molecule has 63 heavy (non-hydrogen) atoms. The van der Waals surface area contributed by atoms with Crippen LogP contribution in [-0.4, -0.2) is 4.57 Å². The van der Waals surface area contributed by atoms with E-state index in [1.54, 1.807) is 0 Å². The molecule has 2 bridgehead atoms. The van der Waals surface area contributed by atoms with Gasteiger partial charge in [0.05, 0.1) is 11.0 Å². The summed E-state index contributed by atoms with van der Waals surface area (Å²) < 4.78 is 9.36. The zero-order valence-corrected chi connectivity index (χ0v) is 36.3. The zero-order valence-electron chi connectivity index (χ0n) is 36.3. The maximum atomic E-state index is 6.98. The molecule has 0 amide bonds. The van der Waals surface area contributed by atoms with Crippen LogP contribution in [0.3, 0.4) is 0 Å². The molecule has 0 radical (unpaired) electrons. The quantitative estimate of drug-likeness (QED) is 0.137. The Kier molecular flexibility index (Phi) is 10.4. The summed E-state index contributed by atoms with van der Waals surface area (Å²) in [5, 5.41) is 2.55. The smallest absolute Gasteiger partial charge is 0.133 e. The Morgan fingerprint density at radius 2 is 0.968 bits per heavy atom. The molecule has 2 aliphatic rings. The normalized spacial score (nSPS) is 19.6. The first-order valence-corrected chi connectivity index (χ1v) is 23.1. The van der Waals surface area contributed by atoms with Crippen molar-refractivity contribution in [2.24, 2.45) is 23.7 Å². The minimum Gasteiger partial charge on any atom is -0.457 e. The molecule has 9 aromatic rings. The molecule has 0 N–H and O–H groups in total. The van der Waals surface area contributed by atoms with Gasteiger partial charge in [0.2, 0.25) is 0 Å². The fraction of sp³-hybridized carbons (Fsp3) is 0.200. The summed E-state index contributed by atoms with van der Waals surface area (Å²) in [5.41, 5.74) is 13.0. The van der Waals surface area contributed by atoms with Crippen molar-refractivity contribution in [3.63, 3.8) is 0 Å². The molecule has 1 aromatic heterocycles. The summed E-state index contributed by atoms with van der Waals surface area (Å²) in [5.74, 6) is 5.35. The van der Waals surface area contributed by atoms with Crippen LogP contribution in [0.15, 0.2) is 200 Å². The summed E-state index contributed by atoms with van der Waals surface area (Å²) in [6, 6.07) is 72.6. The van der Waals surface area contributed by atoms with Gasteiger partial charge in [0.1, 0.15) is 11.5 Å². The molecule has 3 heteroatoms. The van der Waals surface area contributed by atoms with Crippen molar-refractivity contribution >= 4 is 38.9 Å². The summed E-state index contributed by atoms with van der Waals surface area (Å²) in [6.07, 6.45) is 6.54. The van der Waals surface area contributed by atoms with Crippen molar-refractivity contribution in [2.45, 2.75) is 51.9 Å². The topological polar surface area (TPSA) is 17.4 Å². The molecule has 2 fully saturated rings. The summed E-state index contributed by atoms with van der Waals surface area (Å²) in [7, 11) is 0. The third-order valence-electron chi connectivity index (χ3n) is 14.3. The van der Waals surface area contributed by atoms with Gasteiger partial charge in [-0.1, -0.05) is 148 Å². The molecule has 3 nitrogen and oxygen atoms in total. The van der Waals surface area contributed by atoms with Gasteiger partial charge in [0.15, 0.2) is 0 Å². The van der Waals surface area contributed by atoms with E-state index in [9.17, 15) is 0 Å². The Morgan fingerprint density at radius 3 is 1.52 bits per heavy atom. The molecule has 2 saturated carbocycles. The van der Waals surface area contributed by atoms with Crippen LogP contribution in [0.25, 0.3) is 49.7 Å². The van der Waals surface area contributed by atoms with Crippen LogP contribution in [0.2, 0.25) is 0 Å². The third-order valence-corrected chi connectivity index (χ3v) is 14.3. The number of hydrogen-bond acceptors (Lipinski definition) is 2. The van der Waals surface area contributed by atoms with Gasteiger partial charge in [-0.15, -0.1) is 0 Å². The van der Waals surface area contributed by atoms with E-state index in [1.165, 1.54) is 81.7 Å². The Hall–Kier alpha value is -6.84. The van der Waals surface area contributed by atoms with Crippen molar-refractivity contribution in [3.8, 4) is 39.4 Å². The SMILES string of the molecule is CC[C@H]1C[C@H]2C[C@@H](C)C[C@H](C1)C2c1ccc(N(c2ccc(-c3ccccc3)cc2)c2ccc(-c3ccc(-n4c5ccccc5c5ccccc54)cc3)cc2)cc1Oc1ccccc1. The molecule has 8 aromatic carbocycles. The Balaban J connectivity index is 0.975. The van der Waals surface area contributed by atoms with Crippen molar-refractivity contribution < 1.29 is 4.74 Å². The maximum Gasteiger partial charge on any atom is 0.133 e. The number of hydrogen-bond donors (Lipinski definition) is 0. The minimum absolute atomic E-state index is 0.510. The van der Waals surface area contributed by atoms with E-state index in [-0.39, 0.29) is 0 Å². The number of anilines is 3. The molecule has 2 aliphatic carbocycles. The lowest BCUT2D eigenvalue weighted by atomic mass is 9.57. The second-order valence-electron chi connectivity index (χ2n) is 18.2. The number of fused-ring (bicyclic) bond motifs is 5. The van der Waals surface area contributed by atoms with E-state index >= 15 is 0 Å². The Labute approximate surface area is 372 Å². The molecule has 1 heterocycles. The van der Waals surface area contributed by atoms with E-state index < -0.39 is 0 Å². The minimum atomic E-state index is 0.510. The van der Waals surface area contributed by atoms with E-state index in [0.29, 0.717) is 17.8 Å². The zero-order chi connectivity index (χ0) is 42.3. The Bertz CT molecular complexity index is 2920. The highest BCUT2D eigenvalue weighted by Gasteiger charge is 2.43. The molecule has 0 saturated heterocycles. The highest BCUT2D eigenvalue weighted by molar-refractivity contribution is 6.09. The number of benzene rings is 8. The van der Waals surface area contributed by atoms with Gasteiger partial charge in [-0.3, -0.25) is 0 Å². The van der Waals surface area contributed by atoms with Gasteiger partial charge in [-0.25, -0.2) is 0 Å². The van der Waals surface area contributed by atoms with Gasteiger partial charge in [0, 0.05) is 39.6 Å². The van der Waals surface area contributed by atoms with Crippen molar-refractivity contribution in [3.05, 3.63) is 206 Å². The van der Waals surface area contributed by atoms with Gasteiger partial charge < -0.3 is 14.2 Å². The monoisotopic (exact) mass is 818 g/mol. The number of ether oxygens (including phenoxy) is 1. The molecule has 0 spiro atoms. The number of rotatable bonds is 10.